The zero-order valence-electron chi connectivity index (χ0n) is 19.9. The number of methoxy groups -OCH3 is 2. The Morgan fingerprint density at radius 2 is 1.59 bits per heavy atom. The number of hydrogen-bond acceptors (Lipinski definition) is 5. The molecule has 1 aliphatic carbocycles. The summed E-state index contributed by atoms with van der Waals surface area (Å²) < 4.78 is 55.0. The highest BCUT2D eigenvalue weighted by molar-refractivity contribution is 5.95. The fourth-order valence-corrected chi connectivity index (χ4v) is 4.26. The van der Waals surface area contributed by atoms with E-state index in [9.17, 15) is 18.0 Å². The van der Waals surface area contributed by atoms with Gasteiger partial charge < -0.3 is 24.4 Å². The Balaban J connectivity index is 1.74. The lowest BCUT2D eigenvalue weighted by atomic mass is 9.96. The molecule has 1 N–H and O–H groups in total. The van der Waals surface area contributed by atoms with Crippen molar-refractivity contribution < 1.29 is 32.2 Å². The second kappa shape index (κ2) is 10.5. The van der Waals surface area contributed by atoms with Crippen molar-refractivity contribution in [2.24, 2.45) is 0 Å². The molecule has 0 aromatic heterocycles. The maximum atomic E-state index is 12.9. The molecule has 6 nitrogen and oxygen atoms in total. The zero-order valence-corrected chi connectivity index (χ0v) is 19.9. The van der Waals surface area contributed by atoms with Crippen molar-refractivity contribution in [3.05, 3.63) is 53.1 Å². The van der Waals surface area contributed by atoms with Crippen LogP contribution in [0.25, 0.3) is 0 Å². The van der Waals surface area contributed by atoms with E-state index < -0.39 is 11.7 Å². The first kappa shape index (κ1) is 25.7. The van der Waals surface area contributed by atoms with Crippen molar-refractivity contribution in [1.82, 2.24) is 10.2 Å². The summed E-state index contributed by atoms with van der Waals surface area (Å²) in [6.45, 7) is 0.539. The lowest BCUT2D eigenvalue weighted by molar-refractivity contribution is -0.137. The fourth-order valence-electron chi connectivity index (χ4n) is 4.26. The Bertz CT molecular complexity index is 960. The van der Waals surface area contributed by atoms with E-state index in [1.165, 1.54) is 26.4 Å². The van der Waals surface area contributed by atoms with Crippen molar-refractivity contribution in [1.29, 1.82) is 0 Å². The van der Waals surface area contributed by atoms with Gasteiger partial charge in [0.2, 0.25) is 5.75 Å². The van der Waals surface area contributed by atoms with Gasteiger partial charge in [-0.1, -0.05) is 25.0 Å². The van der Waals surface area contributed by atoms with E-state index >= 15 is 0 Å². The minimum absolute atomic E-state index is 0.00174. The molecule has 1 fully saturated rings. The van der Waals surface area contributed by atoms with E-state index in [0.29, 0.717) is 29.2 Å². The smallest absolute Gasteiger partial charge is 0.416 e. The number of alkyl halides is 3. The SMILES string of the molecule is COc1cc(C(=O)NCC2(N(C)C)CCCC2)cc(OC)c1OCc1ccc(C(F)(F)F)cc1. The normalized spacial score (nSPS) is 15.3. The molecule has 1 amide bonds. The molecule has 2 aromatic carbocycles. The van der Waals surface area contributed by atoms with Crippen LogP contribution < -0.4 is 19.5 Å². The number of carbonyl (C=O) groups is 1. The van der Waals surface area contributed by atoms with Crippen LogP contribution in [0.1, 0.15) is 47.2 Å². The van der Waals surface area contributed by atoms with Crippen molar-refractivity contribution in [3.8, 4) is 17.2 Å². The minimum Gasteiger partial charge on any atom is -0.493 e. The molecule has 0 unspecified atom stereocenters. The summed E-state index contributed by atoms with van der Waals surface area (Å²) in [5, 5.41) is 3.04. The first-order chi connectivity index (χ1) is 16.1. The molecule has 0 radical (unpaired) electrons. The highest BCUT2D eigenvalue weighted by Crippen LogP contribution is 2.39. The summed E-state index contributed by atoms with van der Waals surface area (Å²) in [6.07, 6.45) is -0.0548. The predicted octanol–water partition coefficient (Wildman–Crippen LogP) is 4.91. The lowest BCUT2D eigenvalue weighted by Gasteiger charge is -2.36. The zero-order chi connectivity index (χ0) is 24.9. The van der Waals surface area contributed by atoms with Crippen molar-refractivity contribution in [3.63, 3.8) is 0 Å². The van der Waals surface area contributed by atoms with Gasteiger partial charge >= 0.3 is 6.18 Å². The molecule has 0 saturated heterocycles. The van der Waals surface area contributed by atoms with Gasteiger partial charge in [0, 0.05) is 17.6 Å². The highest BCUT2D eigenvalue weighted by atomic mass is 19.4. The number of carbonyl (C=O) groups excluding carboxylic acids is 1. The van der Waals surface area contributed by atoms with Crippen LogP contribution >= 0.6 is 0 Å². The Morgan fingerprint density at radius 1 is 1.03 bits per heavy atom. The van der Waals surface area contributed by atoms with E-state index in [0.717, 1.165) is 37.8 Å². The molecular weight excluding hydrogens is 449 g/mol. The number of likely N-dealkylation sites (N-methyl/N-ethyl adjacent to an activating group) is 1. The lowest BCUT2D eigenvalue weighted by Crippen LogP contribution is -2.50. The third-order valence-corrected chi connectivity index (χ3v) is 6.45. The second-order valence-electron chi connectivity index (χ2n) is 8.70. The number of ether oxygens (including phenoxy) is 3. The van der Waals surface area contributed by atoms with Gasteiger partial charge in [0.05, 0.1) is 19.8 Å². The van der Waals surface area contributed by atoms with Crippen LogP contribution in [-0.2, 0) is 12.8 Å². The number of nitrogens with one attached hydrogen (secondary N) is 1. The van der Waals surface area contributed by atoms with Gasteiger partial charge in [0.1, 0.15) is 6.61 Å². The number of benzene rings is 2. The first-order valence-corrected chi connectivity index (χ1v) is 11.1. The molecule has 0 aliphatic heterocycles. The first-order valence-electron chi connectivity index (χ1n) is 11.1. The molecule has 2 aromatic rings. The van der Waals surface area contributed by atoms with Crippen LogP contribution in [0.5, 0.6) is 17.2 Å². The Labute approximate surface area is 198 Å². The van der Waals surface area contributed by atoms with Crippen LogP contribution in [0.15, 0.2) is 36.4 Å². The van der Waals surface area contributed by atoms with Crippen molar-refractivity contribution in [2.45, 2.75) is 44.0 Å². The standard InChI is InChI=1S/C25H31F3N2O4/c1-30(2)24(11-5-6-12-24)16-29-23(31)18-13-20(32-3)22(21(14-18)33-4)34-15-17-7-9-19(10-8-17)25(26,27)28/h7-10,13-14H,5-6,11-12,15-16H2,1-4H3,(H,29,31). The Morgan fingerprint density at radius 3 is 2.06 bits per heavy atom. The monoisotopic (exact) mass is 480 g/mol. The summed E-state index contributed by atoms with van der Waals surface area (Å²) in [4.78, 5) is 15.1. The number of nitrogens with zero attached hydrogens (tertiary/aromatic N) is 1. The third kappa shape index (κ3) is 5.75. The predicted molar refractivity (Wildman–Crippen MR) is 123 cm³/mol. The van der Waals surface area contributed by atoms with E-state index in [2.05, 4.69) is 10.2 Å². The fraction of sp³-hybridized carbons (Fsp3) is 0.480. The van der Waals surface area contributed by atoms with E-state index in [4.69, 9.17) is 14.2 Å². The maximum absolute atomic E-state index is 12.9. The summed E-state index contributed by atoms with van der Waals surface area (Å²) in [6, 6.07) is 7.85. The van der Waals surface area contributed by atoms with Crippen LogP contribution in [-0.4, -0.2) is 51.2 Å². The number of rotatable bonds is 9. The molecule has 1 aliphatic rings. The molecule has 9 heteroatoms. The maximum Gasteiger partial charge on any atom is 0.416 e. The van der Waals surface area contributed by atoms with Gasteiger partial charge in [-0.2, -0.15) is 13.2 Å². The minimum atomic E-state index is -4.40. The average molecular weight is 481 g/mol. The van der Waals surface area contributed by atoms with Gasteiger partial charge in [-0.05, 0) is 56.8 Å². The summed E-state index contributed by atoms with van der Waals surface area (Å²) in [5.41, 5.74) is 0.136. The van der Waals surface area contributed by atoms with Gasteiger partial charge in [-0.15, -0.1) is 0 Å². The van der Waals surface area contributed by atoms with E-state index in [1.54, 1.807) is 12.1 Å². The van der Waals surface area contributed by atoms with Gasteiger partial charge in [-0.3, -0.25) is 4.79 Å². The Hall–Kier alpha value is -2.94. The molecule has 0 heterocycles. The average Bonchev–Trinajstić information content (AvgIpc) is 3.31. The van der Waals surface area contributed by atoms with E-state index in [1.807, 2.05) is 14.1 Å². The van der Waals surface area contributed by atoms with Crippen molar-refractivity contribution >= 4 is 5.91 Å². The van der Waals surface area contributed by atoms with Gasteiger partial charge in [-0.25, -0.2) is 0 Å². The van der Waals surface area contributed by atoms with Crippen LogP contribution in [0.4, 0.5) is 13.2 Å². The molecule has 0 spiro atoms. The van der Waals surface area contributed by atoms with Gasteiger partial charge in [0.25, 0.3) is 5.91 Å². The quantitative estimate of drug-likeness (QED) is 0.553. The Kier molecular flexibility index (Phi) is 7.97. The number of halogens is 3. The second-order valence-corrected chi connectivity index (χ2v) is 8.70. The molecule has 1 saturated carbocycles. The van der Waals surface area contributed by atoms with Crippen molar-refractivity contribution in [2.75, 3.05) is 34.9 Å². The van der Waals surface area contributed by atoms with Crippen LogP contribution in [0.3, 0.4) is 0 Å². The molecule has 3 rings (SSSR count). The molecule has 0 atom stereocenters. The summed E-state index contributed by atoms with van der Waals surface area (Å²) >= 11 is 0. The molecule has 34 heavy (non-hydrogen) atoms. The summed E-state index contributed by atoms with van der Waals surface area (Å²) in [7, 11) is 6.96. The molecule has 186 valence electrons. The number of amides is 1. The van der Waals surface area contributed by atoms with Crippen LogP contribution in [0, 0.1) is 0 Å². The van der Waals surface area contributed by atoms with E-state index in [-0.39, 0.29) is 23.8 Å². The molecule has 0 bridgehead atoms. The highest BCUT2D eigenvalue weighted by Gasteiger charge is 2.36. The molecular formula is C25H31F3N2O4. The summed E-state index contributed by atoms with van der Waals surface area (Å²) in [5.74, 6) is 0.597. The topological polar surface area (TPSA) is 60.0 Å². The number of hydrogen-bond donors (Lipinski definition) is 1. The van der Waals surface area contributed by atoms with Crippen LogP contribution in [0.2, 0.25) is 0 Å². The van der Waals surface area contributed by atoms with Gasteiger partial charge in [0.15, 0.2) is 11.5 Å². The third-order valence-electron chi connectivity index (χ3n) is 6.45. The largest absolute Gasteiger partial charge is 0.493 e.